The number of imidazole rings is 1. The molecule has 3 aromatic rings. The number of sulfonamides is 1. The second-order valence-electron chi connectivity index (χ2n) is 7.09. The van der Waals surface area contributed by atoms with Crippen LogP contribution in [0.5, 0.6) is 0 Å². The second kappa shape index (κ2) is 7.99. The van der Waals surface area contributed by atoms with E-state index in [9.17, 15) is 13.2 Å². The lowest BCUT2D eigenvalue weighted by Gasteiger charge is -2.26. The van der Waals surface area contributed by atoms with Gasteiger partial charge in [-0.3, -0.25) is 9.20 Å². The molecule has 4 rings (SSSR count). The van der Waals surface area contributed by atoms with Crippen LogP contribution in [0.25, 0.3) is 5.65 Å². The van der Waals surface area contributed by atoms with E-state index in [1.807, 2.05) is 25.3 Å². The van der Waals surface area contributed by atoms with Crippen molar-refractivity contribution in [1.82, 2.24) is 13.7 Å². The van der Waals surface area contributed by atoms with Crippen LogP contribution in [0.15, 0.2) is 41.4 Å². The lowest BCUT2D eigenvalue weighted by molar-refractivity contribution is 0.0730. The van der Waals surface area contributed by atoms with E-state index in [2.05, 4.69) is 10.3 Å². The Morgan fingerprint density at radius 3 is 2.63 bits per heavy atom. The maximum atomic E-state index is 13.0. The zero-order valence-corrected chi connectivity index (χ0v) is 18.1. The number of carbonyl (C=O) groups is 1. The highest BCUT2D eigenvalue weighted by Gasteiger charge is 2.27. The minimum Gasteiger partial charge on any atom is -0.379 e. The number of anilines is 1. The van der Waals surface area contributed by atoms with Crippen molar-refractivity contribution in [3.8, 4) is 0 Å². The summed E-state index contributed by atoms with van der Waals surface area (Å²) >= 11 is 6.26. The van der Waals surface area contributed by atoms with Gasteiger partial charge in [0, 0.05) is 19.3 Å². The Labute approximate surface area is 179 Å². The maximum absolute atomic E-state index is 13.0. The molecule has 2 aromatic heterocycles. The molecule has 1 fully saturated rings. The van der Waals surface area contributed by atoms with Gasteiger partial charge in [-0.15, -0.1) is 0 Å². The first kappa shape index (κ1) is 20.8. The molecule has 0 spiro atoms. The first-order valence-corrected chi connectivity index (χ1v) is 11.2. The van der Waals surface area contributed by atoms with Crippen molar-refractivity contribution in [2.45, 2.75) is 18.7 Å². The fourth-order valence-corrected chi connectivity index (χ4v) is 5.02. The van der Waals surface area contributed by atoms with Gasteiger partial charge in [0.05, 0.1) is 34.5 Å². The number of amides is 1. The third-order valence-electron chi connectivity index (χ3n) is 4.95. The van der Waals surface area contributed by atoms with Crippen LogP contribution in [0.1, 0.15) is 21.7 Å². The van der Waals surface area contributed by atoms with Crippen molar-refractivity contribution >= 4 is 38.9 Å². The molecule has 1 N–H and O–H groups in total. The van der Waals surface area contributed by atoms with E-state index in [4.69, 9.17) is 16.3 Å². The Morgan fingerprint density at radius 2 is 1.90 bits per heavy atom. The average Bonchev–Trinajstić information content (AvgIpc) is 3.05. The Balaban J connectivity index is 1.67. The molecule has 0 aliphatic carbocycles. The molecule has 1 aromatic carbocycles. The van der Waals surface area contributed by atoms with Crippen LogP contribution in [0.4, 0.5) is 5.69 Å². The molecule has 0 saturated carbocycles. The topological polar surface area (TPSA) is 93.0 Å². The number of carbonyl (C=O) groups excluding carboxylic acids is 1. The van der Waals surface area contributed by atoms with Crippen LogP contribution in [-0.4, -0.2) is 54.3 Å². The fraction of sp³-hybridized carbons (Fsp3) is 0.300. The van der Waals surface area contributed by atoms with Gasteiger partial charge < -0.3 is 10.1 Å². The number of nitrogens with one attached hydrogen (secondary N) is 1. The molecule has 8 nitrogen and oxygen atoms in total. The molecule has 1 aliphatic rings. The molecule has 0 radical (unpaired) electrons. The van der Waals surface area contributed by atoms with E-state index < -0.39 is 15.9 Å². The summed E-state index contributed by atoms with van der Waals surface area (Å²) in [6.45, 7) is 4.94. The van der Waals surface area contributed by atoms with Gasteiger partial charge >= 0.3 is 0 Å². The lowest BCUT2D eigenvalue weighted by Crippen LogP contribution is -2.40. The molecule has 1 aliphatic heterocycles. The molecule has 158 valence electrons. The van der Waals surface area contributed by atoms with E-state index in [1.54, 1.807) is 11.3 Å². The summed E-state index contributed by atoms with van der Waals surface area (Å²) in [6.07, 6.45) is 1.82. The number of morpholine rings is 1. The van der Waals surface area contributed by atoms with Crippen molar-refractivity contribution in [3.63, 3.8) is 0 Å². The summed E-state index contributed by atoms with van der Waals surface area (Å²) in [5, 5.41) is 2.98. The summed E-state index contributed by atoms with van der Waals surface area (Å²) in [6, 6.07) is 8.04. The van der Waals surface area contributed by atoms with E-state index in [0.29, 0.717) is 30.2 Å². The normalized spacial score (nSPS) is 15.4. The van der Waals surface area contributed by atoms with Crippen molar-refractivity contribution in [3.05, 3.63) is 58.5 Å². The van der Waals surface area contributed by atoms with Gasteiger partial charge in [0.15, 0.2) is 0 Å². The van der Waals surface area contributed by atoms with Gasteiger partial charge in [0.25, 0.3) is 5.91 Å². The van der Waals surface area contributed by atoms with Crippen LogP contribution in [0.3, 0.4) is 0 Å². The smallest absolute Gasteiger partial charge is 0.274 e. The summed E-state index contributed by atoms with van der Waals surface area (Å²) in [4.78, 5) is 17.5. The maximum Gasteiger partial charge on any atom is 0.274 e. The van der Waals surface area contributed by atoms with Gasteiger partial charge in [0.2, 0.25) is 10.0 Å². The minimum absolute atomic E-state index is 0.0646. The zero-order valence-electron chi connectivity index (χ0n) is 16.6. The number of aromatic nitrogens is 2. The van der Waals surface area contributed by atoms with Crippen LogP contribution < -0.4 is 5.32 Å². The van der Waals surface area contributed by atoms with Gasteiger partial charge in [-0.25, -0.2) is 13.4 Å². The molecule has 0 unspecified atom stereocenters. The van der Waals surface area contributed by atoms with E-state index >= 15 is 0 Å². The Morgan fingerprint density at radius 1 is 1.17 bits per heavy atom. The Hall–Kier alpha value is -2.46. The largest absolute Gasteiger partial charge is 0.379 e. The highest BCUT2D eigenvalue weighted by Crippen LogP contribution is 2.28. The van der Waals surface area contributed by atoms with Crippen molar-refractivity contribution in [2.24, 2.45) is 0 Å². The van der Waals surface area contributed by atoms with Gasteiger partial charge in [0.1, 0.15) is 11.3 Å². The number of benzene rings is 1. The van der Waals surface area contributed by atoms with Gasteiger partial charge in [-0.2, -0.15) is 4.31 Å². The molecule has 3 heterocycles. The molecule has 0 atom stereocenters. The third-order valence-corrected chi connectivity index (χ3v) is 7.17. The van der Waals surface area contributed by atoms with Crippen molar-refractivity contribution in [1.29, 1.82) is 0 Å². The van der Waals surface area contributed by atoms with Gasteiger partial charge in [-0.1, -0.05) is 17.7 Å². The number of aryl methyl sites for hydroxylation is 2. The predicted molar refractivity (Wildman–Crippen MR) is 114 cm³/mol. The average molecular weight is 449 g/mol. The highest BCUT2D eigenvalue weighted by molar-refractivity contribution is 7.89. The Bertz CT molecular complexity index is 1230. The molecule has 30 heavy (non-hydrogen) atoms. The number of hydrogen-bond donors (Lipinski definition) is 1. The summed E-state index contributed by atoms with van der Waals surface area (Å²) in [5.41, 5.74) is 2.78. The van der Waals surface area contributed by atoms with Crippen molar-refractivity contribution < 1.29 is 17.9 Å². The van der Waals surface area contributed by atoms with Crippen LogP contribution >= 0.6 is 11.6 Å². The highest BCUT2D eigenvalue weighted by atomic mass is 35.5. The molecular formula is C20H21ClN4O4S. The Kier molecular flexibility index (Phi) is 5.54. The number of rotatable bonds is 4. The molecule has 1 saturated heterocycles. The van der Waals surface area contributed by atoms with Crippen LogP contribution in [-0.2, 0) is 14.8 Å². The lowest BCUT2D eigenvalue weighted by atomic mass is 10.2. The molecule has 0 bridgehead atoms. The summed E-state index contributed by atoms with van der Waals surface area (Å²) in [7, 11) is -3.71. The number of fused-ring (bicyclic) bond motifs is 1. The van der Waals surface area contributed by atoms with E-state index in [1.165, 1.54) is 22.5 Å². The number of hydrogen-bond acceptors (Lipinski definition) is 5. The molecule has 10 heteroatoms. The number of halogens is 1. The minimum atomic E-state index is -3.71. The first-order valence-electron chi connectivity index (χ1n) is 9.41. The first-order chi connectivity index (χ1) is 14.3. The van der Waals surface area contributed by atoms with E-state index in [-0.39, 0.29) is 28.7 Å². The molecule has 1 amide bonds. The summed E-state index contributed by atoms with van der Waals surface area (Å²) < 4.78 is 34.2. The predicted octanol–water partition coefficient (Wildman–Crippen LogP) is 2.88. The second-order valence-corrected chi connectivity index (χ2v) is 9.44. The van der Waals surface area contributed by atoms with Gasteiger partial charge in [-0.05, 0) is 43.7 Å². The number of ether oxygens (including phenoxy) is 1. The SMILES string of the molecule is Cc1ccc2nc(C)c(C(=O)Nc3cc(S(=O)(=O)N4CCOCC4)ccc3Cl)n2c1. The molecular weight excluding hydrogens is 428 g/mol. The third kappa shape index (κ3) is 3.81. The van der Waals surface area contributed by atoms with Crippen LogP contribution in [0.2, 0.25) is 5.02 Å². The number of nitrogens with zero attached hydrogens (tertiary/aromatic N) is 3. The fourth-order valence-electron chi connectivity index (χ4n) is 3.42. The number of pyridine rings is 1. The van der Waals surface area contributed by atoms with Crippen molar-refractivity contribution in [2.75, 3.05) is 31.6 Å². The quantitative estimate of drug-likeness (QED) is 0.662. The van der Waals surface area contributed by atoms with E-state index in [0.717, 1.165) is 5.56 Å². The standard InChI is InChI=1S/C20H21ClN4O4S/c1-13-3-6-18-22-14(2)19(25(18)12-13)20(26)23-17-11-15(4-5-16(17)21)30(27,28)24-7-9-29-10-8-24/h3-6,11-12H,7-10H2,1-2H3,(H,23,26). The summed E-state index contributed by atoms with van der Waals surface area (Å²) in [5.74, 6) is -0.423. The van der Waals surface area contributed by atoms with Crippen LogP contribution in [0, 0.1) is 13.8 Å². The zero-order chi connectivity index (χ0) is 21.5. The monoisotopic (exact) mass is 448 g/mol.